The lowest BCUT2D eigenvalue weighted by molar-refractivity contribution is -0.765. The van der Waals surface area contributed by atoms with E-state index in [-0.39, 0.29) is 11.5 Å². The van der Waals surface area contributed by atoms with Gasteiger partial charge in [0, 0.05) is 12.0 Å². The lowest BCUT2D eigenvalue weighted by atomic mass is 10.1. The molecule has 0 bridgehead atoms. The fourth-order valence-electron chi connectivity index (χ4n) is 2.36. The number of pyridine rings is 1. The van der Waals surface area contributed by atoms with E-state index in [1.807, 2.05) is 13.8 Å². The molecule has 170 valence electrons. The number of phosphoric acid groups is 1. The van der Waals surface area contributed by atoms with Crippen LogP contribution in [0.1, 0.15) is 30.4 Å². The van der Waals surface area contributed by atoms with E-state index in [1.165, 1.54) is 29.1 Å². The number of phosphoric ester groups is 1. The summed E-state index contributed by atoms with van der Waals surface area (Å²) in [7, 11) is -5.22. The van der Waals surface area contributed by atoms with Gasteiger partial charge in [0.2, 0.25) is 0 Å². The van der Waals surface area contributed by atoms with Crippen molar-refractivity contribution in [3.05, 3.63) is 30.1 Å². The second kappa shape index (κ2) is 10.9. The van der Waals surface area contributed by atoms with Crippen LogP contribution in [0.5, 0.6) is 0 Å². The van der Waals surface area contributed by atoms with Crippen LogP contribution in [0.15, 0.2) is 24.5 Å². The number of aromatic nitrogens is 1. The van der Waals surface area contributed by atoms with Gasteiger partial charge in [-0.25, -0.2) is 4.79 Å². The van der Waals surface area contributed by atoms with Crippen molar-refractivity contribution in [2.24, 2.45) is 11.7 Å². The first-order valence-corrected chi connectivity index (χ1v) is 10.2. The SMILES string of the molecule is CC(C)[C@@H]([NH3+])C(=O)O.NC(=O)c1ccc[n+]([C@@H]2O[C@H](COP(=O)([O-])[O-])[C@@H](O)[C@H]2O)c1. The molecule has 1 aromatic rings. The number of primary amides is 1. The van der Waals surface area contributed by atoms with Crippen LogP contribution in [0.25, 0.3) is 0 Å². The molecule has 0 aromatic carbocycles. The van der Waals surface area contributed by atoms with Crippen molar-refractivity contribution in [3.63, 3.8) is 0 Å². The third kappa shape index (κ3) is 7.70. The van der Waals surface area contributed by atoms with Crippen LogP contribution in [0.2, 0.25) is 0 Å². The summed E-state index contributed by atoms with van der Waals surface area (Å²) < 4.78 is 21.1. The van der Waals surface area contributed by atoms with E-state index >= 15 is 0 Å². The fourth-order valence-corrected chi connectivity index (χ4v) is 2.69. The van der Waals surface area contributed by atoms with Crippen molar-refractivity contribution >= 4 is 19.7 Å². The molecule has 0 aliphatic carbocycles. The average molecular weight is 451 g/mol. The molecule has 1 aliphatic rings. The number of carbonyl (C=O) groups excluding carboxylic acids is 1. The van der Waals surface area contributed by atoms with Gasteiger partial charge < -0.3 is 50.4 Å². The van der Waals surface area contributed by atoms with Gasteiger partial charge in [-0.2, -0.15) is 4.57 Å². The summed E-state index contributed by atoms with van der Waals surface area (Å²) >= 11 is 0. The van der Waals surface area contributed by atoms with Crippen LogP contribution in [0, 0.1) is 5.92 Å². The minimum Gasteiger partial charge on any atom is -0.790 e. The van der Waals surface area contributed by atoms with Crippen molar-refractivity contribution in [1.82, 2.24) is 0 Å². The van der Waals surface area contributed by atoms with Gasteiger partial charge in [0.05, 0.1) is 14.4 Å². The number of carboxylic acid groups (broad SMARTS) is 1. The summed E-state index contributed by atoms with van der Waals surface area (Å²) in [6.45, 7) is 2.95. The smallest absolute Gasteiger partial charge is 0.362 e. The summed E-state index contributed by atoms with van der Waals surface area (Å²) in [6, 6.07) is 2.47. The molecule has 1 aromatic heterocycles. The molecular formula is C16H26N3O10P. The first kappa shape index (κ1) is 26.1. The minimum absolute atomic E-state index is 0.132. The number of hydrogen-bond donors (Lipinski definition) is 5. The van der Waals surface area contributed by atoms with Gasteiger partial charge in [-0.05, 0) is 6.07 Å². The molecule has 0 saturated carbocycles. The van der Waals surface area contributed by atoms with E-state index in [1.54, 1.807) is 0 Å². The molecule has 1 fully saturated rings. The van der Waals surface area contributed by atoms with Crippen LogP contribution < -0.4 is 25.8 Å². The number of nitrogens with zero attached hydrogens (tertiary/aromatic N) is 1. The molecule has 2 rings (SSSR count). The summed E-state index contributed by atoms with van der Waals surface area (Å²) in [4.78, 5) is 42.1. The summed E-state index contributed by atoms with van der Waals surface area (Å²) in [6.07, 6.45) is -2.44. The Morgan fingerprint density at radius 1 is 1.37 bits per heavy atom. The Morgan fingerprint density at radius 3 is 2.40 bits per heavy atom. The molecule has 1 amide bonds. The molecule has 0 radical (unpaired) electrons. The van der Waals surface area contributed by atoms with E-state index in [0.29, 0.717) is 0 Å². The fraction of sp³-hybridized carbons (Fsp3) is 0.562. The van der Waals surface area contributed by atoms with Crippen LogP contribution in [-0.4, -0.2) is 58.2 Å². The maximum atomic E-state index is 11.1. The van der Waals surface area contributed by atoms with Crippen LogP contribution in [0.4, 0.5) is 0 Å². The third-order valence-corrected chi connectivity index (χ3v) is 4.72. The number of aliphatic hydroxyl groups excluding tert-OH is 2. The molecule has 0 unspecified atom stereocenters. The quantitative estimate of drug-likeness (QED) is 0.198. The number of quaternary nitrogens is 1. The standard InChI is InChI=1S/C11H15N2O8P.C5H11NO2/c12-10(16)6-2-1-3-13(4-6)11-9(15)8(14)7(21-11)5-20-22(17,18)19;1-3(2)4(6)5(7)8/h1-4,7-9,11,14-15H,5H2,(H3-,12,16,17,18,19);3-4H,6H2,1-2H3,(H,7,8)/t7-,8-,9-,11-;4-/m11/s1. The normalized spacial score (nSPS) is 24.8. The van der Waals surface area contributed by atoms with Gasteiger partial charge in [-0.15, -0.1) is 0 Å². The van der Waals surface area contributed by atoms with Gasteiger partial charge >= 0.3 is 5.97 Å². The number of aliphatic hydroxyl groups is 2. The maximum Gasteiger partial charge on any atom is 0.362 e. The van der Waals surface area contributed by atoms with E-state index < -0.39 is 56.9 Å². The molecule has 0 spiro atoms. The van der Waals surface area contributed by atoms with Crippen LogP contribution >= 0.6 is 7.82 Å². The van der Waals surface area contributed by atoms with Crippen LogP contribution in [-0.2, 0) is 18.6 Å². The van der Waals surface area contributed by atoms with Crippen LogP contribution in [0.3, 0.4) is 0 Å². The molecule has 1 saturated heterocycles. The second-order valence-electron chi connectivity index (χ2n) is 6.88. The van der Waals surface area contributed by atoms with Gasteiger partial charge in [0.1, 0.15) is 17.8 Å². The second-order valence-corrected chi connectivity index (χ2v) is 8.03. The largest absolute Gasteiger partial charge is 0.790 e. The summed E-state index contributed by atoms with van der Waals surface area (Å²) in [5.74, 6) is -1.38. The number of rotatable bonds is 7. The number of amides is 1. The number of carboxylic acids is 1. The minimum atomic E-state index is -5.22. The Morgan fingerprint density at radius 2 is 1.97 bits per heavy atom. The zero-order chi connectivity index (χ0) is 23.2. The third-order valence-electron chi connectivity index (χ3n) is 4.26. The molecule has 30 heavy (non-hydrogen) atoms. The van der Waals surface area contributed by atoms with Gasteiger partial charge in [-0.1, -0.05) is 13.8 Å². The number of nitrogens with two attached hydrogens (primary N) is 1. The molecular weight excluding hydrogens is 425 g/mol. The number of ether oxygens (including phenoxy) is 1. The predicted molar refractivity (Wildman–Crippen MR) is 93.8 cm³/mol. The topological polar surface area (TPSA) is 234 Å². The highest BCUT2D eigenvalue weighted by Crippen LogP contribution is 2.30. The Hall–Kier alpha value is -1.96. The monoisotopic (exact) mass is 451 g/mol. The average Bonchev–Trinajstić information content (AvgIpc) is 2.94. The highest BCUT2D eigenvalue weighted by molar-refractivity contribution is 7.43. The molecule has 13 nitrogen and oxygen atoms in total. The van der Waals surface area contributed by atoms with Gasteiger partial charge in [-0.3, -0.25) is 4.79 Å². The Labute approximate surface area is 172 Å². The molecule has 2 heterocycles. The van der Waals surface area contributed by atoms with Gasteiger partial charge in [0.15, 0.2) is 24.5 Å². The predicted octanol–water partition coefficient (Wildman–Crippen LogP) is -4.12. The van der Waals surface area contributed by atoms with E-state index in [4.69, 9.17) is 15.6 Å². The van der Waals surface area contributed by atoms with Crippen molar-refractivity contribution in [2.45, 2.75) is 44.4 Å². The van der Waals surface area contributed by atoms with Gasteiger partial charge in [0.25, 0.3) is 12.1 Å². The first-order valence-electron chi connectivity index (χ1n) is 8.79. The highest BCUT2D eigenvalue weighted by atomic mass is 31.2. The van der Waals surface area contributed by atoms with Crippen molar-refractivity contribution < 1.29 is 58.8 Å². The highest BCUT2D eigenvalue weighted by Gasteiger charge is 2.48. The molecule has 1 aliphatic heterocycles. The van der Waals surface area contributed by atoms with E-state index in [0.717, 1.165) is 0 Å². The lowest BCUT2D eigenvalue weighted by Gasteiger charge is -2.30. The Balaban J connectivity index is 0.000000479. The lowest BCUT2D eigenvalue weighted by Crippen LogP contribution is -2.67. The van der Waals surface area contributed by atoms with Crippen molar-refractivity contribution in [1.29, 1.82) is 0 Å². The molecule has 5 atom stereocenters. The van der Waals surface area contributed by atoms with E-state index in [2.05, 4.69) is 10.3 Å². The first-order chi connectivity index (χ1) is 13.7. The number of carbonyl (C=O) groups is 2. The zero-order valence-corrected chi connectivity index (χ0v) is 17.3. The number of hydrogen-bond acceptors (Lipinski definition) is 9. The Kier molecular flexibility index (Phi) is 9.46. The zero-order valence-electron chi connectivity index (χ0n) is 16.4. The molecule has 14 heteroatoms. The number of aliphatic carboxylic acids is 1. The van der Waals surface area contributed by atoms with E-state index in [9.17, 15) is 34.2 Å². The molecule has 8 N–H and O–H groups in total. The summed E-state index contributed by atoms with van der Waals surface area (Å²) in [5.41, 5.74) is 8.73. The van der Waals surface area contributed by atoms with Crippen molar-refractivity contribution in [2.75, 3.05) is 6.61 Å². The summed E-state index contributed by atoms with van der Waals surface area (Å²) in [5, 5.41) is 28.0. The Bertz CT molecular complexity index is 786. The van der Waals surface area contributed by atoms with Crippen molar-refractivity contribution in [3.8, 4) is 0 Å². The maximum absolute atomic E-state index is 11.1.